The van der Waals surface area contributed by atoms with Crippen LogP contribution >= 0.6 is 0 Å². The molecule has 10 rings (SSSR count). The first-order valence-corrected chi connectivity index (χ1v) is 18.5. The normalized spacial score (nSPS) is 12.1. The van der Waals surface area contributed by atoms with Crippen LogP contribution in [0.1, 0.15) is 16.7 Å². The fraction of sp³-hybridized carbons (Fsp3) is 0. The number of nitrogens with zero attached hydrogens (tertiary/aromatic N) is 3. The Morgan fingerprint density at radius 1 is 0.455 bits per heavy atom. The van der Waals surface area contributed by atoms with E-state index in [1.807, 2.05) is 66.9 Å². The maximum Gasteiger partial charge on any atom is 0.161 e. The van der Waals surface area contributed by atoms with Crippen molar-refractivity contribution in [3.05, 3.63) is 211 Å². The molecule has 0 spiro atoms. The van der Waals surface area contributed by atoms with Crippen LogP contribution in [0.4, 0.5) is 0 Å². The molecule has 10 aromatic rings. The summed E-state index contributed by atoms with van der Waals surface area (Å²) in [5.41, 5.74) is 8.24. The number of para-hydroxylation sites is 1. The fourth-order valence-electron chi connectivity index (χ4n) is 8.06. The van der Waals surface area contributed by atoms with Crippen molar-refractivity contribution in [1.29, 1.82) is 5.41 Å². The smallest absolute Gasteiger partial charge is 0.161 e. The summed E-state index contributed by atoms with van der Waals surface area (Å²) in [7, 11) is 0. The molecule has 0 aliphatic rings. The number of nitrogens with one attached hydrogen (secondary N) is 1. The van der Waals surface area contributed by atoms with Crippen molar-refractivity contribution in [2.24, 2.45) is 9.98 Å². The molecule has 0 saturated carbocycles. The summed E-state index contributed by atoms with van der Waals surface area (Å²) in [6, 6.07) is 67.4. The Balaban J connectivity index is 1.17. The van der Waals surface area contributed by atoms with Crippen molar-refractivity contribution in [2.75, 3.05) is 0 Å². The second kappa shape index (κ2) is 13.5. The van der Waals surface area contributed by atoms with Crippen LogP contribution in [0.2, 0.25) is 0 Å². The molecule has 9 aromatic carbocycles. The third-order valence-corrected chi connectivity index (χ3v) is 10.6. The fourth-order valence-corrected chi connectivity index (χ4v) is 8.06. The molecule has 0 unspecified atom stereocenters. The van der Waals surface area contributed by atoms with E-state index < -0.39 is 0 Å². The summed E-state index contributed by atoms with van der Waals surface area (Å²) in [4.78, 5) is 9.89. The van der Waals surface area contributed by atoms with E-state index >= 15 is 0 Å². The number of benzene rings is 9. The lowest BCUT2D eigenvalue weighted by molar-refractivity contribution is 1.18. The van der Waals surface area contributed by atoms with Crippen LogP contribution in [0.15, 0.2) is 204 Å². The molecule has 1 heterocycles. The standard InChI is InChI=1S/C51H34N4/c52-50(36-16-3-1-4-17-36)54-51(37-18-5-2-6-19-37)53-33-45-42-23-10-9-21-40(42)41-22-11-12-24-43(41)48(45)35-27-30-38(31-28-35)55-46-26-14-13-25-44(46)49-39-20-8-7-15-34(39)29-32-47(49)55/h1-33,52H. The number of fused-ring (bicyclic) bond motifs is 8. The Hall–Kier alpha value is -7.43. The molecule has 4 nitrogen and oxygen atoms in total. The van der Waals surface area contributed by atoms with E-state index in [9.17, 15) is 0 Å². The molecule has 0 amide bonds. The van der Waals surface area contributed by atoms with Gasteiger partial charge in [-0.1, -0.05) is 170 Å². The summed E-state index contributed by atoms with van der Waals surface area (Å²) in [5.74, 6) is 0.640. The number of hydrogen-bond donors (Lipinski definition) is 1. The Morgan fingerprint density at radius 2 is 1.02 bits per heavy atom. The zero-order valence-corrected chi connectivity index (χ0v) is 29.9. The summed E-state index contributed by atoms with van der Waals surface area (Å²) in [6.45, 7) is 0. The molecule has 258 valence electrons. The number of aliphatic imine (C=N–C) groups is 2. The molecule has 0 fully saturated rings. The first kappa shape index (κ1) is 32.2. The zero-order chi connectivity index (χ0) is 36.7. The van der Waals surface area contributed by atoms with Gasteiger partial charge in [0.25, 0.3) is 0 Å². The highest BCUT2D eigenvalue weighted by molar-refractivity contribution is 6.24. The molecule has 0 saturated heterocycles. The number of aromatic nitrogens is 1. The van der Waals surface area contributed by atoms with Crippen LogP contribution in [-0.4, -0.2) is 22.5 Å². The third kappa shape index (κ3) is 5.60. The molecular weight excluding hydrogens is 669 g/mol. The van der Waals surface area contributed by atoms with Crippen molar-refractivity contribution in [3.63, 3.8) is 0 Å². The second-order valence-electron chi connectivity index (χ2n) is 13.7. The maximum absolute atomic E-state index is 8.86. The summed E-state index contributed by atoms with van der Waals surface area (Å²) in [5, 5.41) is 18.5. The molecule has 0 radical (unpaired) electrons. The molecule has 1 N–H and O–H groups in total. The van der Waals surface area contributed by atoms with Gasteiger partial charge in [0, 0.05) is 39.4 Å². The van der Waals surface area contributed by atoms with Crippen LogP contribution in [0.25, 0.3) is 70.9 Å². The molecule has 0 bridgehead atoms. The van der Waals surface area contributed by atoms with E-state index in [2.05, 4.69) is 138 Å². The molecular formula is C51H34N4. The zero-order valence-electron chi connectivity index (χ0n) is 29.9. The van der Waals surface area contributed by atoms with E-state index in [0.717, 1.165) is 49.7 Å². The van der Waals surface area contributed by atoms with Crippen LogP contribution in [0.5, 0.6) is 0 Å². The van der Waals surface area contributed by atoms with Gasteiger partial charge in [0.2, 0.25) is 0 Å². The van der Waals surface area contributed by atoms with Crippen molar-refractivity contribution in [1.82, 2.24) is 4.57 Å². The average Bonchev–Trinajstić information content (AvgIpc) is 3.60. The van der Waals surface area contributed by atoms with Gasteiger partial charge in [0.1, 0.15) is 0 Å². The van der Waals surface area contributed by atoms with Crippen LogP contribution in [0.3, 0.4) is 0 Å². The van der Waals surface area contributed by atoms with E-state index in [1.165, 1.54) is 38.0 Å². The van der Waals surface area contributed by atoms with Gasteiger partial charge in [0.15, 0.2) is 11.7 Å². The Morgan fingerprint density at radius 3 is 1.75 bits per heavy atom. The minimum Gasteiger partial charge on any atom is -0.309 e. The molecule has 0 atom stereocenters. The highest BCUT2D eigenvalue weighted by Crippen LogP contribution is 2.40. The predicted octanol–water partition coefficient (Wildman–Crippen LogP) is 12.8. The van der Waals surface area contributed by atoms with Gasteiger partial charge < -0.3 is 4.57 Å². The van der Waals surface area contributed by atoms with Gasteiger partial charge in [-0.25, -0.2) is 9.98 Å². The summed E-state index contributed by atoms with van der Waals surface area (Å²) >= 11 is 0. The lowest BCUT2D eigenvalue weighted by atomic mass is 9.88. The second-order valence-corrected chi connectivity index (χ2v) is 13.7. The highest BCUT2D eigenvalue weighted by Gasteiger charge is 2.18. The van der Waals surface area contributed by atoms with Gasteiger partial charge in [-0.05, 0) is 67.7 Å². The van der Waals surface area contributed by atoms with Crippen LogP contribution in [-0.2, 0) is 0 Å². The van der Waals surface area contributed by atoms with Gasteiger partial charge in [-0.2, -0.15) is 0 Å². The molecule has 55 heavy (non-hydrogen) atoms. The minimum atomic E-state index is 0.161. The van der Waals surface area contributed by atoms with Gasteiger partial charge in [-0.15, -0.1) is 0 Å². The average molecular weight is 703 g/mol. The van der Waals surface area contributed by atoms with Gasteiger partial charge >= 0.3 is 0 Å². The van der Waals surface area contributed by atoms with E-state index in [-0.39, 0.29) is 5.84 Å². The Kier molecular flexibility index (Phi) is 7.93. The number of hydrogen-bond acceptors (Lipinski definition) is 1. The predicted molar refractivity (Wildman–Crippen MR) is 233 cm³/mol. The summed E-state index contributed by atoms with van der Waals surface area (Å²) < 4.78 is 2.38. The van der Waals surface area contributed by atoms with Crippen molar-refractivity contribution in [2.45, 2.75) is 0 Å². The lowest BCUT2D eigenvalue weighted by Gasteiger charge is -2.16. The van der Waals surface area contributed by atoms with Gasteiger partial charge in [0.05, 0.1) is 11.0 Å². The maximum atomic E-state index is 8.86. The SMILES string of the molecule is N=C(N=C(N=Cc1c(-c2ccc(-n3c4ccccc4c4c5ccccc5ccc43)cc2)c2ccccc2c2ccccc12)c1ccccc1)c1ccccc1. The quantitative estimate of drug-likeness (QED) is 0.105. The topological polar surface area (TPSA) is 53.5 Å². The third-order valence-electron chi connectivity index (χ3n) is 10.6. The first-order valence-electron chi connectivity index (χ1n) is 18.5. The highest BCUT2D eigenvalue weighted by atomic mass is 15.0. The molecule has 1 aromatic heterocycles. The largest absolute Gasteiger partial charge is 0.309 e. The van der Waals surface area contributed by atoms with Gasteiger partial charge in [-0.3, -0.25) is 5.41 Å². The van der Waals surface area contributed by atoms with E-state index in [4.69, 9.17) is 15.4 Å². The molecule has 4 heteroatoms. The number of amidine groups is 2. The molecule has 0 aliphatic carbocycles. The number of rotatable bonds is 5. The minimum absolute atomic E-state index is 0.161. The monoisotopic (exact) mass is 702 g/mol. The first-order chi connectivity index (χ1) is 27.2. The molecule has 0 aliphatic heterocycles. The Labute approximate surface area is 318 Å². The van der Waals surface area contributed by atoms with Crippen molar-refractivity contribution in [3.8, 4) is 16.8 Å². The van der Waals surface area contributed by atoms with Crippen molar-refractivity contribution >= 4 is 72.0 Å². The van der Waals surface area contributed by atoms with E-state index in [1.54, 1.807) is 0 Å². The Bertz CT molecular complexity index is 3140. The summed E-state index contributed by atoms with van der Waals surface area (Å²) in [6.07, 6.45) is 1.94. The van der Waals surface area contributed by atoms with Crippen molar-refractivity contribution < 1.29 is 0 Å². The lowest BCUT2D eigenvalue weighted by Crippen LogP contribution is -2.05. The van der Waals surface area contributed by atoms with E-state index in [0.29, 0.717) is 5.84 Å². The van der Waals surface area contributed by atoms with Crippen LogP contribution in [0, 0.1) is 5.41 Å². The van der Waals surface area contributed by atoms with Crippen LogP contribution < -0.4 is 0 Å².